The number of aromatic nitrogens is 1. The summed E-state index contributed by atoms with van der Waals surface area (Å²) in [5, 5.41) is 2.50. The molecule has 0 aliphatic carbocycles. The molecule has 1 heterocycles. The molecular formula is C15H16BrClF3N3O. The number of benzene rings is 1. The van der Waals surface area contributed by atoms with Crippen LogP contribution in [0.1, 0.15) is 28.5 Å². The highest BCUT2D eigenvalue weighted by Gasteiger charge is 2.31. The Labute approximate surface area is 151 Å². The number of amides is 1. The molecule has 24 heavy (non-hydrogen) atoms. The molecule has 1 aromatic heterocycles. The highest BCUT2D eigenvalue weighted by atomic mass is 79.9. The van der Waals surface area contributed by atoms with Gasteiger partial charge in [-0.15, -0.1) is 12.4 Å². The maximum Gasteiger partial charge on any atom is 0.416 e. The van der Waals surface area contributed by atoms with Crippen LogP contribution in [-0.2, 0) is 19.3 Å². The summed E-state index contributed by atoms with van der Waals surface area (Å²) >= 11 is 3.27. The third kappa shape index (κ3) is 4.75. The lowest BCUT2D eigenvalue weighted by Gasteiger charge is -2.13. The van der Waals surface area contributed by atoms with Crippen LogP contribution >= 0.6 is 28.3 Å². The van der Waals surface area contributed by atoms with E-state index in [1.807, 2.05) is 6.92 Å². The van der Waals surface area contributed by atoms with E-state index in [0.717, 1.165) is 16.6 Å². The first-order valence-corrected chi connectivity index (χ1v) is 7.62. The topological polar surface area (TPSA) is 60.0 Å². The lowest BCUT2D eigenvalue weighted by molar-refractivity contribution is -0.137. The molecule has 0 aliphatic rings. The molecule has 3 N–H and O–H groups in total. The van der Waals surface area contributed by atoms with E-state index < -0.39 is 17.6 Å². The van der Waals surface area contributed by atoms with Gasteiger partial charge in [-0.1, -0.05) is 0 Å². The van der Waals surface area contributed by atoms with Gasteiger partial charge in [0.1, 0.15) is 5.69 Å². The number of nitrogens with one attached hydrogen (secondary N) is 1. The van der Waals surface area contributed by atoms with E-state index in [1.165, 1.54) is 6.07 Å². The molecule has 0 spiro atoms. The van der Waals surface area contributed by atoms with Gasteiger partial charge in [-0.3, -0.25) is 4.79 Å². The molecular weight excluding hydrogens is 411 g/mol. The van der Waals surface area contributed by atoms with Crippen molar-refractivity contribution in [3.63, 3.8) is 0 Å². The normalized spacial score (nSPS) is 11.1. The SMILES string of the molecule is CCn1cc(Br)cc1C(=O)Nc1cc(CN)cc(C(F)(F)F)c1.Cl. The van der Waals surface area contributed by atoms with Gasteiger partial charge in [0.05, 0.1) is 5.56 Å². The molecule has 2 aromatic rings. The Balaban J connectivity index is 0.00000288. The Morgan fingerprint density at radius 2 is 1.96 bits per heavy atom. The minimum Gasteiger partial charge on any atom is -0.343 e. The molecule has 0 radical (unpaired) electrons. The number of rotatable bonds is 4. The zero-order valence-electron chi connectivity index (χ0n) is 12.7. The zero-order chi connectivity index (χ0) is 17.2. The summed E-state index contributed by atoms with van der Waals surface area (Å²) < 4.78 is 41.1. The van der Waals surface area contributed by atoms with Crippen LogP contribution in [0.15, 0.2) is 34.9 Å². The number of hydrogen-bond donors (Lipinski definition) is 2. The molecule has 0 fully saturated rings. The quantitative estimate of drug-likeness (QED) is 0.760. The lowest BCUT2D eigenvalue weighted by atomic mass is 10.1. The monoisotopic (exact) mass is 425 g/mol. The van der Waals surface area contributed by atoms with E-state index in [1.54, 1.807) is 16.8 Å². The van der Waals surface area contributed by atoms with Crippen LogP contribution in [0.5, 0.6) is 0 Å². The van der Waals surface area contributed by atoms with Crippen molar-refractivity contribution < 1.29 is 18.0 Å². The number of carbonyl (C=O) groups is 1. The predicted octanol–water partition coefficient (Wildman–Crippen LogP) is 4.42. The van der Waals surface area contributed by atoms with Crippen LogP contribution < -0.4 is 11.1 Å². The van der Waals surface area contributed by atoms with Gasteiger partial charge < -0.3 is 15.6 Å². The first-order chi connectivity index (χ1) is 10.7. The summed E-state index contributed by atoms with van der Waals surface area (Å²) in [5.74, 6) is -0.486. The van der Waals surface area contributed by atoms with Crippen molar-refractivity contribution in [1.82, 2.24) is 4.57 Å². The second kappa shape index (κ2) is 8.04. The Morgan fingerprint density at radius 3 is 2.50 bits per heavy atom. The van der Waals surface area contributed by atoms with E-state index >= 15 is 0 Å². The van der Waals surface area contributed by atoms with Crippen LogP contribution in [0.25, 0.3) is 0 Å². The fraction of sp³-hybridized carbons (Fsp3) is 0.267. The van der Waals surface area contributed by atoms with Crippen molar-refractivity contribution in [2.45, 2.75) is 26.2 Å². The van der Waals surface area contributed by atoms with Crippen molar-refractivity contribution in [3.05, 3.63) is 51.8 Å². The number of nitrogens with zero attached hydrogens (tertiary/aromatic N) is 1. The number of anilines is 1. The predicted molar refractivity (Wildman–Crippen MR) is 92.3 cm³/mol. The van der Waals surface area contributed by atoms with Gasteiger partial charge in [-0.2, -0.15) is 13.2 Å². The summed E-state index contributed by atoms with van der Waals surface area (Å²) in [5.41, 5.74) is 5.29. The largest absolute Gasteiger partial charge is 0.416 e. The van der Waals surface area contributed by atoms with Crippen molar-refractivity contribution in [2.75, 3.05) is 5.32 Å². The Morgan fingerprint density at radius 1 is 1.29 bits per heavy atom. The van der Waals surface area contributed by atoms with Gasteiger partial charge in [-0.25, -0.2) is 0 Å². The van der Waals surface area contributed by atoms with Crippen LogP contribution in [0, 0.1) is 0 Å². The van der Waals surface area contributed by atoms with Gasteiger partial charge in [-0.05, 0) is 52.7 Å². The van der Waals surface area contributed by atoms with Crippen LogP contribution in [0.3, 0.4) is 0 Å². The molecule has 0 aliphatic heterocycles. The number of hydrogen-bond acceptors (Lipinski definition) is 2. The maximum absolute atomic E-state index is 12.9. The van der Waals surface area contributed by atoms with Crippen LogP contribution in [0.4, 0.5) is 18.9 Å². The fourth-order valence-electron chi connectivity index (χ4n) is 2.17. The average Bonchev–Trinajstić information content (AvgIpc) is 2.87. The number of aryl methyl sites for hydroxylation is 1. The lowest BCUT2D eigenvalue weighted by Crippen LogP contribution is -2.17. The molecule has 132 valence electrons. The van der Waals surface area contributed by atoms with Crippen molar-refractivity contribution >= 4 is 39.9 Å². The first-order valence-electron chi connectivity index (χ1n) is 6.83. The minimum atomic E-state index is -4.50. The number of alkyl halides is 3. The highest BCUT2D eigenvalue weighted by molar-refractivity contribution is 9.10. The van der Waals surface area contributed by atoms with Gasteiger partial charge in [0.2, 0.25) is 0 Å². The summed E-state index contributed by atoms with van der Waals surface area (Å²) in [4.78, 5) is 12.3. The molecule has 1 aromatic carbocycles. The van der Waals surface area contributed by atoms with Crippen molar-refractivity contribution in [1.29, 1.82) is 0 Å². The van der Waals surface area contributed by atoms with Crippen molar-refractivity contribution in [3.8, 4) is 0 Å². The van der Waals surface area contributed by atoms with Gasteiger partial charge in [0.25, 0.3) is 5.91 Å². The summed E-state index contributed by atoms with van der Waals surface area (Å²) in [6.45, 7) is 2.37. The highest BCUT2D eigenvalue weighted by Crippen LogP contribution is 2.32. The molecule has 0 bridgehead atoms. The van der Waals surface area contributed by atoms with E-state index in [9.17, 15) is 18.0 Å². The zero-order valence-corrected chi connectivity index (χ0v) is 15.1. The summed E-state index contributed by atoms with van der Waals surface area (Å²) in [6, 6.07) is 4.91. The Hall–Kier alpha value is -1.51. The molecule has 4 nitrogen and oxygen atoms in total. The smallest absolute Gasteiger partial charge is 0.343 e. The van der Waals surface area contributed by atoms with Gasteiger partial charge in [0, 0.05) is 29.4 Å². The van der Waals surface area contributed by atoms with Crippen LogP contribution in [0.2, 0.25) is 0 Å². The second-order valence-electron chi connectivity index (χ2n) is 4.90. The van der Waals surface area contributed by atoms with Gasteiger partial charge >= 0.3 is 6.18 Å². The van der Waals surface area contributed by atoms with E-state index in [0.29, 0.717) is 17.8 Å². The first kappa shape index (κ1) is 20.5. The molecule has 0 saturated heterocycles. The van der Waals surface area contributed by atoms with Crippen LogP contribution in [-0.4, -0.2) is 10.5 Å². The minimum absolute atomic E-state index is 0. The molecule has 0 atom stereocenters. The Bertz CT molecular complexity index is 731. The van der Waals surface area contributed by atoms with E-state index in [4.69, 9.17) is 5.73 Å². The molecule has 2 rings (SSSR count). The number of nitrogens with two attached hydrogens (primary N) is 1. The maximum atomic E-state index is 12.9. The molecule has 1 amide bonds. The summed E-state index contributed by atoms with van der Waals surface area (Å²) in [7, 11) is 0. The average molecular weight is 427 g/mol. The molecule has 0 saturated carbocycles. The third-order valence-corrected chi connectivity index (χ3v) is 3.68. The van der Waals surface area contributed by atoms with Crippen molar-refractivity contribution in [2.24, 2.45) is 5.73 Å². The van der Waals surface area contributed by atoms with E-state index in [2.05, 4.69) is 21.2 Å². The van der Waals surface area contributed by atoms with E-state index in [-0.39, 0.29) is 24.6 Å². The second-order valence-corrected chi connectivity index (χ2v) is 5.82. The number of halogens is 5. The standard InChI is InChI=1S/C15H15BrF3N3O.ClH/c1-2-22-8-11(16)6-13(22)14(23)21-12-4-9(7-20)3-10(5-12)15(17,18)19;/h3-6,8H,2,7,20H2,1H3,(H,21,23);1H. The number of carbonyl (C=O) groups excluding carboxylic acids is 1. The third-order valence-electron chi connectivity index (χ3n) is 3.25. The summed E-state index contributed by atoms with van der Waals surface area (Å²) in [6.07, 6.45) is -2.77. The molecule has 9 heteroatoms. The molecule has 0 unspecified atom stereocenters. The fourth-order valence-corrected chi connectivity index (χ4v) is 2.63. The van der Waals surface area contributed by atoms with Gasteiger partial charge in [0.15, 0.2) is 0 Å². The Kier molecular flexibility index (Phi) is 6.88.